The van der Waals surface area contributed by atoms with Crippen molar-refractivity contribution in [3.05, 3.63) is 24.3 Å². The van der Waals surface area contributed by atoms with Crippen LogP contribution in [0.2, 0.25) is 0 Å². The van der Waals surface area contributed by atoms with Crippen molar-refractivity contribution in [2.24, 2.45) is 0 Å². The number of methoxy groups -OCH3 is 1. The fourth-order valence-electron chi connectivity index (χ4n) is 0.769. The minimum absolute atomic E-state index is 0.0498. The molecule has 0 saturated carbocycles. The first kappa shape index (κ1) is 10.2. The van der Waals surface area contributed by atoms with Gasteiger partial charge in [-0.25, -0.2) is 0 Å². The topological polar surface area (TPSA) is 9.23 Å². The Balaban J connectivity index is 2.87. The number of thioether (sulfide) groups is 1. The van der Waals surface area contributed by atoms with Crippen LogP contribution in [-0.2, 0) is 0 Å². The molecule has 0 aliphatic rings. The second kappa shape index (κ2) is 3.91. The largest absolute Gasteiger partial charge is 0.496 e. The number of alkyl halides is 3. The lowest BCUT2D eigenvalue weighted by atomic mass is 10.3. The van der Waals surface area contributed by atoms with Crippen LogP contribution in [0.25, 0.3) is 0 Å². The summed E-state index contributed by atoms with van der Waals surface area (Å²) in [7, 11) is 1.32. The Morgan fingerprint density at radius 2 is 2.15 bits per heavy atom. The van der Waals surface area contributed by atoms with E-state index in [1.165, 1.54) is 25.3 Å². The number of hydrogen-bond acceptors (Lipinski definition) is 2. The van der Waals surface area contributed by atoms with E-state index < -0.39 is 5.51 Å². The number of hydrogen-bond donors (Lipinski definition) is 0. The van der Waals surface area contributed by atoms with Crippen molar-refractivity contribution in [2.45, 2.75) is 10.4 Å². The molecular weight excluding hydrogens is 201 g/mol. The number of rotatable bonds is 2. The molecule has 1 aromatic carbocycles. The van der Waals surface area contributed by atoms with E-state index >= 15 is 0 Å². The van der Waals surface area contributed by atoms with Crippen molar-refractivity contribution in [3.8, 4) is 5.75 Å². The van der Waals surface area contributed by atoms with Gasteiger partial charge in [0.1, 0.15) is 5.75 Å². The molecule has 0 N–H and O–H groups in total. The number of ether oxygens (including phenoxy) is 1. The summed E-state index contributed by atoms with van der Waals surface area (Å²) in [6.07, 6.45) is 0. The Kier molecular flexibility index (Phi) is 3.08. The predicted molar refractivity (Wildman–Crippen MR) is 43.7 cm³/mol. The van der Waals surface area contributed by atoms with E-state index in [1.54, 1.807) is 0 Å². The molecule has 0 bridgehead atoms. The zero-order chi connectivity index (χ0) is 9.90. The third kappa shape index (κ3) is 3.18. The first-order valence-electron chi connectivity index (χ1n) is 3.33. The van der Waals surface area contributed by atoms with Crippen LogP contribution in [0.5, 0.6) is 5.75 Å². The fourth-order valence-corrected chi connectivity index (χ4v) is 1.40. The van der Waals surface area contributed by atoms with Gasteiger partial charge in [0.05, 0.1) is 12.0 Å². The van der Waals surface area contributed by atoms with Crippen molar-refractivity contribution < 1.29 is 17.9 Å². The zero-order valence-electron chi connectivity index (χ0n) is 6.68. The van der Waals surface area contributed by atoms with E-state index in [1.807, 2.05) is 0 Å². The molecule has 1 rings (SSSR count). The van der Waals surface area contributed by atoms with Gasteiger partial charge < -0.3 is 4.74 Å². The summed E-state index contributed by atoms with van der Waals surface area (Å²) in [5.41, 5.74) is -4.28. The van der Waals surface area contributed by atoms with E-state index in [9.17, 15) is 13.2 Å². The van der Waals surface area contributed by atoms with Crippen LogP contribution < -0.4 is 4.74 Å². The highest BCUT2D eigenvalue weighted by molar-refractivity contribution is 8.00. The summed E-state index contributed by atoms with van der Waals surface area (Å²) in [5.74, 6) is 0.185. The summed E-state index contributed by atoms with van der Waals surface area (Å²) in [4.78, 5) is 0.0498. The highest BCUT2D eigenvalue weighted by atomic mass is 32.2. The molecule has 0 fully saturated rings. The van der Waals surface area contributed by atoms with Crippen molar-refractivity contribution in [2.75, 3.05) is 7.11 Å². The fraction of sp³-hybridized carbons (Fsp3) is 0.250. The van der Waals surface area contributed by atoms with Crippen molar-refractivity contribution in [1.82, 2.24) is 0 Å². The van der Waals surface area contributed by atoms with Crippen LogP contribution in [0.1, 0.15) is 0 Å². The minimum Gasteiger partial charge on any atom is -0.496 e. The maximum Gasteiger partial charge on any atom is 0.446 e. The smallest absolute Gasteiger partial charge is 0.446 e. The van der Waals surface area contributed by atoms with Crippen LogP contribution in [0.3, 0.4) is 0 Å². The van der Waals surface area contributed by atoms with Crippen molar-refractivity contribution in [3.63, 3.8) is 0 Å². The van der Waals surface area contributed by atoms with E-state index in [4.69, 9.17) is 4.74 Å². The number of benzene rings is 1. The maximum atomic E-state index is 12.0. The van der Waals surface area contributed by atoms with E-state index in [2.05, 4.69) is 6.07 Å². The molecule has 0 spiro atoms. The Hall–Kier alpha value is -0.840. The Morgan fingerprint density at radius 1 is 1.46 bits per heavy atom. The van der Waals surface area contributed by atoms with Crippen molar-refractivity contribution in [1.29, 1.82) is 0 Å². The first-order chi connectivity index (χ1) is 6.03. The van der Waals surface area contributed by atoms with Crippen LogP contribution in [-0.4, -0.2) is 12.6 Å². The average Bonchev–Trinajstić information content (AvgIpc) is 2.02. The summed E-state index contributed by atoms with van der Waals surface area (Å²) in [5, 5.41) is 0. The molecule has 0 atom stereocenters. The highest BCUT2D eigenvalue weighted by Crippen LogP contribution is 2.40. The van der Waals surface area contributed by atoms with Crippen molar-refractivity contribution >= 4 is 11.8 Å². The molecule has 13 heavy (non-hydrogen) atoms. The zero-order valence-corrected chi connectivity index (χ0v) is 7.50. The van der Waals surface area contributed by atoms with Gasteiger partial charge in [-0.2, -0.15) is 13.2 Å². The Labute approximate surface area is 77.9 Å². The van der Waals surface area contributed by atoms with Gasteiger partial charge in [-0.15, -0.1) is 0 Å². The van der Waals surface area contributed by atoms with Crippen LogP contribution >= 0.6 is 11.8 Å². The SMILES string of the molecule is COc1c[c]ccc1SC(F)(F)F. The van der Waals surface area contributed by atoms with Gasteiger partial charge in [0.25, 0.3) is 0 Å². The lowest BCUT2D eigenvalue weighted by Crippen LogP contribution is -2.00. The second-order valence-electron chi connectivity index (χ2n) is 2.12. The predicted octanol–water partition coefficient (Wildman–Crippen LogP) is 3.11. The molecule has 71 valence electrons. The van der Waals surface area contributed by atoms with Gasteiger partial charge in [0.15, 0.2) is 0 Å². The van der Waals surface area contributed by atoms with Gasteiger partial charge >= 0.3 is 5.51 Å². The molecule has 0 aliphatic carbocycles. The Bertz CT molecular complexity index is 285. The normalized spacial score (nSPS) is 11.4. The van der Waals surface area contributed by atoms with Gasteiger partial charge in [-0.3, -0.25) is 0 Å². The lowest BCUT2D eigenvalue weighted by molar-refractivity contribution is -0.0328. The number of halogens is 3. The third-order valence-corrected chi connectivity index (χ3v) is 2.02. The molecule has 0 aromatic heterocycles. The summed E-state index contributed by atoms with van der Waals surface area (Å²) in [6, 6.07) is 6.73. The monoisotopic (exact) mass is 207 g/mol. The molecular formula is C8H6F3OS. The standard InChI is InChI=1S/C8H6F3OS/c1-12-6-4-2-3-5-7(6)13-8(9,10)11/h3-5H,1H3. The molecule has 0 saturated heterocycles. The Morgan fingerprint density at radius 3 is 2.69 bits per heavy atom. The second-order valence-corrected chi connectivity index (χ2v) is 3.23. The van der Waals surface area contributed by atoms with Gasteiger partial charge in [-0.05, 0) is 30.0 Å². The molecule has 0 amide bonds. The molecule has 0 aliphatic heterocycles. The first-order valence-corrected chi connectivity index (χ1v) is 4.14. The van der Waals surface area contributed by atoms with Gasteiger partial charge in [-0.1, -0.05) is 6.07 Å². The van der Waals surface area contributed by atoms with E-state index in [-0.39, 0.29) is 22.4 Å². The maximum absolute atomic E-state index is 12.0. The third-order valence-electron chi connectivity index (χ3n) is 1.23. The van der Waals surface area contributed by atoms with Crippen LogP contribution in [0, 0.1) is 6.07 Å². The summed E-state index contributed by atoms with van der Waals surface area (Å²) >= 11 is -0.193. The minimum atomic E-state index is -4.28. The molecule has 5 heteroatoms. The average molecular weight is 207 g/mol. The molecule has 1 aromatic rings. The molecule has 1 radical (unpaired) electrons. The van der Waals surface area contributed by atoms with E-state index in [0.717, 1.165) is 0 Å². The molecule has 0 heterocycles. The van der Waals surface area contributed by atoms with Gasteiger partial charge in [0, 0.05) is 0 Å². The summed E-state index contributed by atoms with van der Waals surface area (Å²) in [6.45, 7) is 0. The lowest BCUT2D eigenvalue weighted by Gasteiger charge is -2.08. The van der Waals surface area contributed by atoms with Crippen LogP contribution in [0.4, 0.5) is 13.2 Å². The summed E-state index contributed by atoms with van der Waals surface area (Å²) < 4.78 is 40.6. The van der Waals surface area contributed by atoms with Gasteiger partial charge in [0.2, 0.25) is 0 Å². The van der Waals surface area contributed by atoms with E-state index in [0.29, 0.717) is 0 Å². The molecule has 1 nitrogen and oxygen atoms in total. The van der Waals surface area contributed by atoms with Crippen LogP contribution in [0.15, 0.2) is 23.1 Å². The quantitative estimate of drug-likeness (QED) is 0.689. The molecule has 0 unspecified atom stereocenters. The highest BCUT2D eigenvalue weighted by Gasteiger charge is 2.30.